The Morgan fingerprint density at radius 3 is 2.42 bits per heavy atom. The fraction of sp³-hybridized carbons (Fsp3) is 0.100. The third kappa shape index (κ3) is 3.17. The first-order valence-corrected chi connectivity index (χ1v) is 8.04. The number of hydrogen-bond acceptors (Lipinski definition) is 2. The summed E-state index contributed by atoms with van der Waals surface area (Å²) in [5.74, 6) is -0.119. The van der Waals surface area contributed by atoms with Gasteiger partial charge in [-0.25, -0.2) is 4.68 Å². The molecule has 1 heterocycles. The summed E-state index contributed by atoms with van der Waals surface area (Å²) in [4.78, 5) is 12.3. The number of para-hydroxylation sites is 1. The van der Waals surface area contributed by atoms with Gasteiger partial charge in [0.25, 0.3) is 0 Å². The Hall–Kier alpha value is -2.65. The zero-order chi connectivity index (χ0) is 17.1. The van der Waals surface area contributed by atoms with Crippen LogP contribution in [0, 0.1) is 13.8 Å². The molecule has 0 aliphatic rings. The molecule has 0 aliphatic carbocycles. The number of halogens is 1. The second-order valence-electron chi connectivity index (χ2n) is 5.51. The third-order valence-electron chi connectivity index (χ3n) is 3.89. The van der Waals surface area contributed by atoms with Gasteiger partial charge in [0.1, 0.15) is 0 Å². The largest absolute Gasteiger partial charge is 0.289 e. The first kappa shape index (κ1) is 16.2. The fourth-order valence-corrected chi connectivity index (χ4v) is 2.86. The van der Waals surface area contributed by atoms with Crippen LogP contribution < -0.4 is 0 Å². The molecule has 3 rings (SSSR count). The Balaban J connectivity index is 1.92. The van der Waals surface area contributed by atoms with Crippen LogP contribution in [0.15, 0.2) is 60.7 Å². The molecular formula is C20H17ClN2O. The van der Waals surface area contributed by atoms with Gasteiger partial charge in [-0.15, -0.1) is 0 Å². The number of carbonyl (C=O) groups is 1. The van der Waals surface area contributed by atoms with Crippen LogP contribution in [0.5, 0.6) is 0 Å². The van der Waals surface area contributed by atoms with E-state index in [1.165, 1.54) is 0 Å². The summed E-state index contributed by atoms with van der Waals surface area (Å²) < 4.78 is 1.88. The molecule has 2 aromatic carbocycles. The SMILES string of the molecule is Cc1nn(-c2ccccc2)c(C)c1/C=C/C(=O)c1ccccc1Cl. The van der Waals surface area contributed by atoms with Gasteiger partial charge in [0.05, 0.1) is 16.4 Å². The summed E-state index contributed by atoms with van der Waals surface area (Å²) in [5.41, 5.74) is 4.30. The predicted molar refractivity (Wildman–Crippen MR) is 97.9 cm³/mol. The highest BCUT2D eigenvalue weighted by Gasteiger charge is 2.11. The van der Waals surface area contributed by atoms with Gasteiger partial charge in [-0.1, -0.05) is 41.9 Å². The van der Waals surface area contributed by atoms with Crippen molar-refractivity contribution in [2.45, 2.75) is 13.8 Å². The summed E-state index contributed by atoms with van der Waals surface area (Å²) in [6.45, 7) is 3.93. The van der Waals surface area contributed by atoms with Crippen LogP contribution in [0.3, 0.4) is 0 Å². The molecule has 0 bridgehead atoms. The Kier molecular flexibility index (Phi) is 4.63. The first-order valence-electron chi connectivity index (χ1n) is 7.66. The summed E-state index contributed by atoms with van der Waals surface area (Å²) in [6.07, 6.45) is 3.36. The van der Waals surface area contributed by atoms with Crippen molar-refractivity contribution in [2.24, 2.45) is 0 Å². The average molecular weight is 337 g/mol. The highest BCUT2D eigenvalue weighted by Crippen LogP contribution is 2.20. The second kappa shape index (κ2) is 6.85. The van der Waals surface area contributed by atoms with Crippen molar-refractivity contribution in [3.63, 3.8) is 0 Å². The van der Waals surface area contributed by atoms with Crippen LogP contribution in [-0.4, -0.2) is 15.6 Å². The summed E-state index contributed by atoms with van der Waals surface area (Å²) >= 11 is 6.08. The lowest BCUT2D eigenvalue weighted by atomic mass is 10.1. The minimum atomic E-state index is -0.119. The van der Waals surface area contributed by atoms with Crippen molar-refractivity contribution in [3.05, 3.63) is 88.2 Å². The van der Waals surface area contributed by atoms with Gasteiger partial charge in [0.2, 0.25) is 0 Å². The molecular weight excluding hydrogens is 320 g/mol. The number of hydrogen-bond donors (Lipinski definition) is 0. The number of nitrogens with zero attached hydrogens (tertiary/aromatic N) is 2. The highest BCUT2D eigenvalue weighted by molar-refractivity contribution is 6.34. The van der Waals surface area contributed by atoms with Crippen molar-refractivity contribution in [3.8, 4) is 5.69 Å². The average Bonchev–Trinajstić information content (AvgIpc) is 2.88. The molecule has 24 heavy (non-hydrogen) atoms. The maximum Gasteiger partial charge on any atom is 0.187 e. The lowest BCUT2D eigenvalue weighted by Gasteiger charge is -2.03. The fourth-order valence-electron chi connectivity index (χ4n) is 2.63. The summed E-state index contributed by atoms with van der Waals surface area (Å²) in [7, 11) is 0. The lowest BCUT2D eigenvalue weighted by molar-refractivity contribution is 0.104. The number of allylic oxidation sites excluding steroid dienone is 1. The molecule has 0 saturated heterocycles. The smallest absolute Gasteiger partial charge is 0.187 e. The quantitative estimate of drug-likeness (QED) is 0.494. The van der Waals surface area contributed by atoms with Crippen LogP contribution >= 0.6 is 11.6 Å². The van der Waals surface area contributed by atoms with E-state index in [0.717, 1.165) is 22.6 Å². The zero-order valence-electron chi connectivity index (χ0n) is 13.5. The van der Waals surface area contributed by atoms with Crippen LogP contribution in [-0.2, 0) is 0 Å². The molecule has 120 valence electrons. The topological polar surface area (TPSA) is 34.9 Å². The molecule has 0 spiro atoms. The molecule has 0 N–H and O–H groups in total. The van der Waals surface area contributed by atoms with Gasteiger partial charge in [-0.2, -0.15) is 5.10 Å². The molecule has 0 atom stereocenters. The van der Waals surface area contributed by atoms with Crippen LogP contribution in [0.2, 0.25) is 5.02 Å². The molecule has 1 aromatic heterocycles. The van der Waals surface area contributed by atoms with Crippen LogP contribution in [0.1, 0.15) is 27.3 Å². The van der Waals surface area contributed by atoms with Crippen molar-refractivity contribution in [2.75, 3.05) is 0 Å². The Bertz CT molecular complexity index is 911. The van der Waals surface area contributed by atoms with Gasteiger partial charge >= 0.3 is 0 Å². The standard InChI is InChI=1S/C20H17ClN2O/c1-14-17(12-13-20(24)18-10-6-7-11-19(18)21)15(2)23(22-14)16-8-4-3-5-9-16/h3-13H,1-2H3/b13-12+. The Morgan fingerprint density at radius 1 is 1.04 bits per heavy atom. The molecule has 0 aliphatic heterocycles. The van der Waals surface area contributed by atoms with Gasteiger partial charge in [-0.3, -0.25) is 4.79 Å². The molecule has 3 aromatic rings. The summed E-state index contributed by atoms with van der Waals surface area (Å²) in [6, 6.07) is 17.0. The van der Waals surface area contributed by atoms with Crippen molar-refractivity contribution >= 4 is 23.5 Å². The predicted octanol–water partition coefficient (Wildman–Crippen LogP) is 5.04. The van der Waals surface area contributed by atoms with Gasteiger partial charge in [0, 0.05) is 16.8 Å². The zero-order valence-corrected chi connectivity index (χ0v) is 14.3. The minimum absolute atomic E-state index is 0.119. The Morgan fingerprint density at radius 2 is 1.71 bits per heavy atom. The minimum Gasteiger partial charge on any atom is -0.289 e. The number of aryl methyl sites for hydroxylation is 1. The van der Waals surface area contributed by atoms with Gasteiger partial charge in [-0.05, 0) is 50.3 Å². The molecule has 3 nitrogen and oxygen atoms in total. The molecule has 0 radical (unpaired) electrons. The number of rotatable bonds is 4. The monoisotopic (exact) mass is 336 g/mol. The maximum atomic E-state index is 12.3. The van der Waals surface area contributed by atoms with Crippen LogP contribution in [0.4, 0.5) is 0 Å². The van der Waals surface area contributed by atoms with E-state index in [0.29, 0.717) is 10.6 Å². The van der Waals surface area contributed by atoms with Gasteiger partial charge in [0.15, 0.2) is 5.78 Å². The van der Waals surface area contributed by atoms with E-state index < -0.39 is 0 Å². The number of ketones is 1. The van der Waals surface area contributed by atoms with Gasteiger partial charge < -0.3 is 0 Å². The van der Waals surface area contributed by atoms with E-state index in [2.05, 4.69) is 5.10 Å². The third-order valence-corrected chi connectivity index (χ3v) is 4.22. The molecule has 0 saturated carbocycles. The van der Waals surface area contributed by atoms with E-state index >= 15 is 0 Å². The van der Waals surface area contributed by atoms with Crippen LogP contribution in [0.25, 0.3) is 11.8 Å². The lowest BCUT2D eigenvalue weighted by Crippen LogP contribution is -1.98. The van der Waals surface area contributed by atoms with Crippen molar-refractivity contribution in [1.29, 1.82) is 0 Å². The van der Waals surface area contributed by atoms with Crippen molar-refractivity contribution in [1.82, 2.24) is 9.78 Å². The highest BCUT2D eigenvalue weighted by atomic mass is 35.5. The summed E-state index contributed by atoms with van der Waals surface area (Å²) in [5, 5.41) is 5.04. The second-order valence-corrected chi connectivity index (χ2v) is 5.92. The normalized spacial score (nSPS) is 11.1. The van der Waals surface area contributed by atoms with Crippen molar-refractivity contribution < 1.29 is 4.79 Å². The van der Waals surface area contributed by atoms with E-state index in [1.807, 2.05) is 54.9 Å². The first-order chi connectivity index (χ1) is 11.6. The number of carbonyl (C=O) groups excluding carboxylic acids is 1. The maximum absolute atomic E-state index is 12.3. The molecule has 0 fully saturated rings. The van der Waals surface area contributed by atoms with E-state index in [4.69, 9.17) is 11.6 Å². The van der Waals surface area contributed by atoms with E-state index in [9.17, 15) is 4.79 Å². The van der Waals surface area contributed by atoms with E-state index in [1.54, 1.807) is 30.3 Å². The number of aromatic nitrogens is 2. The molecule has 0 amide bonds. The number of benzene rings is 2. The molecule has 4 heteroatoms. The Labute approximate surface area is 146 Å². The molecule has 0 unspecified atom stereocenters. The van der Waals surface area contributed by atoms with E-state index in [-0.39, 0.29) is 5.78 Å².